The molecule has 2 rings (SSSR count). The van der Waals surface area contributed by atoms with Gasteiger partial charge in [0.2, 0.25) is 0 Å². The van der Waals surface area contributed by atoms with E-state index in [9.17, 15) is 4.79 Å². The van der Waals surface area contributed by atoms with E-state index in [1.807, 2.05) is 0 Å². The Hall–Kier alpha value is -0.790. The van der Waals surface area contributed by atoms with Crippen LogP contribution in [0.15, 0.2) is 11.8 Å². The van der Waals surface area contributed by atoms with Gasteiger partial charge in [-0.3, -0.25) is 4.79 Å². The van der Waals surface area contributed by atoms with E-state index < -0.39 is 0 Å². The topological polar surface area (TPSA) is 26.3 Å². The van der Waals surface area contributed by atoms with Gasteiger partial charge in [0.1, 0.15) is 5.76 Å². The lowest BCUT2D eigenvalue weighted by molar-refractivity contribution is -0.137. The number of hydrogen-bond donors (Lipinski definition) is 0. The Morgan fingerprint density at radius 2 is 2.50 bits per heavy atom. The highest BCUT2D eigenvalue weighted by Gasteiger charge is 2.41. The normalized spacial score (nSPS) is 32.9. The van der Waals surface area contributed by atoms with Crippen LogP contribution in [0.4, 0.5) is 0 Å². The maximum Gasteiger partial charge on any atom is 0.307 e. The molecule has 0 aromatic heterocycles. The van der Waals surface area contributed by atoms with Crippen LogP contribution in [0.25, 0.3) is 0 Å². The van der Waals surface area contributed by atoms with Crippen molar-refractivity contribution in [2.45, 2.75) is 32.6 Å². The second-order valence-corrected chi connectivity index (χ2v) is 3.73. The highest BCUT2D eigenvalue weighted by molar-refractivity contribution is 5.67. The molecule has 0 spiro atoms. The molecule has 2 nitrogen and oxygen atoms in total. The van der Waals surface area contributed by atoms with Gasteiger partial charge >= 0.3 is 5.97 Å². The van der Waals surface area contributed by atoms with Gasteiger partial charge in [-0.1, -0.05) is 0 Å². The van der Waals surface area contributed by atoms with Crippen molar-refractivity contribution in [3.63, 3.8) is 0 Å². The van der Waals surface area contributed by atoms with E-state index in [-0.39, 0.29) is 5.97 Å². The predicted molar refractivity (Wildman–Crippen MR) is 45.3 cm³/mol. The third kappa shape index (κ3) is 1.52. The van der Waals surface area contributed by atoms with E-state index in [1.165, 1.54) is 26.2 Å². The molecule has 66 valence electrons. The van der Waals surface area contributed by atoms with Crippen molar-refractivity contribution < 1.29 is 9.53 Å². The Morgan fingerprint density at radius 1 is 1.67 bits per heavy atom. The van der Waals surface area contributed by atoms with E-state index in [0.717, 1.165) is 18.1 Å². The molecular formula is C10H14O2. The molecule has 0 aromatic carbocycles. The molecule has 0 aromatic rings. The van der Waals surface area contributed by atoms with Crippen LogP contribution in [0, 0.1) is 11.8 Å². The quantitative estimate of drug-likeness (QED) is 0.558. The minimum atomic E-state index is -0.172. The molecule has 1 fully saturated rings. The third-order valence-electron chi connectivity index (χ3n) is 2.67. The van der Waals surface area contributed by atoms with Crippen LogP contribution in [0.3, 0.4) is 0 Å². The van der Waals surface area contributed by atoms with Crippen molar-refractivity contribution in [2.24, 2.45) is 11.8 Å². The SMILES string of the molecule is CC(=O)OC1=CCCCC2CC12. The lowest BCUT2D eigenvalue weighted by Gasteiger charge is -2.03. The Morgan fingerprint density at radius 3 is 3.25 bits per heavy atom. The molecule has 2 heteroatoms. The monoisotopic (exact) mass is 166 g/mol. The van der Waals surface area contributed by atoms with Crippen LogP contribution in [-0.2, 0) is 9.53 Å². The maximum absolute atomic E-state index is 10.7. The van der Waals surface area contributed by atoms with Gasteiger partial charge in [0.25, 0.3) is 0 Å². The van der Waals surface area contributed by atoms with Crippen molar-refractivity contribution >= 4 is 5.97 Å². The third-order valence-corrected chi connectivity index (χ3v) is 2.67. The van der Waals surface area contributed by atoms with Crippen LogP contribution in [0.5, 0.6) is 0 Å². The molecule has 0 heterocycles. The summed E-state index contributed by atoms with van der Waals surface area (Å²) in [6.45, 7) is 1.48. The minimum absolute atomic E-state index is 0.172. The average molecular weight is 166 g/mol. The highest BCUT2D eigenvalue weighted by atomic mass is 16.5. The largest absolute Gasteiger partial charge is 0.431 e. The summed E-state index contributed by atoms with van der Waals surface area (Å²) in [5, 5.41) is 0. The van der Waals surface area contributed by atoms with Gasteiger partial charge in [-0.25, -0.2) is 0 Å². The number of hydrogen-bond acceptors (Lipinski definition) is 2. The number of ether oxygens (including phenoxy) is 1. The Bertz CT molecular complexity index is 230. The Balaban J connectivity index is 2.02. The standard InChI is InChI=1S/C10H14O2/c1-7(11)12-10-5-3-2-4-8-6-9(8)10/h5,8-9H,2-4,6H2,1H3. The summed E-state index contributed by atoms with van der Waals surface area (Å²) in [6, 6.07) is 0. The van der Waals surface area contributed by atoms with E-state index >= 15 is 0 Å². The molecule has 12 heavy (non-hydrogen) atoms. The van der Waals surface area contributed by atoms with Gasteiger partial charge in [-0.05, 0) is 37.7 Å². The smallest absolute Gasteiger partial charge is 0.307 e. The first-order valence-electron chi connectivity index (χ1n) is 4.66. The minimum Gasteiger partial charge on any atom is -0.431 e. The van der Waals surface area contributed by atoms with Crippen LogP contribution in [0.1, 0.15) is 32.6 Å². The summed E-state index contributed by atoms with van der Waals surface area (Å²) in [7, 11) is 0. The fourth-order valence-corrected chi connectivity index (χ4v) is 1.97. The summed E-state index contributed by atoms with van der Waals surface area (Å²) in [6.07, 6.45) is 6.98. The summed E-state index contributed by atoms with van der Waals surface area (Å²) in [5.74, 6) is 2.17. The number of fused-ring (bicyclic) bond motifs is 1. The van der Waals surface area contributed by atoms with Gasteiger partial charge in [-0.15, -0.1) is 0 Å². The number of esters is 1. The predicted octanol–water partition coefficient (Wildman–Crippen LogP) is 2.25. The van der Waals surface area contributed by atoms with Crippen LogP contribution in [-0.4, -0.2) is 5.97 Å². The summed E-state index contributed by atoms with van der Waals surface area (Å²) >= 11 is 0. The van der Waals surface area contributed by atoms with Crippen LogP contribution < -0.4 is 0 Å². The summed E-state index contributed by atoms with van der Waals surface area (Å²) in [5.41, 5.74) is 0. The number of allylic oxidation sites excluding steroid dienone is 2. The molecule has 2 unspecified atom stereocenters. The van der Waals surface area contributed by atoms with Crippen molar-refractivity contribution in [2.75, 3.05) is 0 Å². The zero-order chi connectivity index (χ0) is 8.55. The first-order valence-corrected chi connectivity index (χ1v) is 4.66. The average Bonchev–Trinajstić information content (AvgIpc) is 2.71. The van der Waals surface area contributed by atoms with Crippen LogP contribution in [0.2, 0.25) is 0 Å². The van der Waals surface area contributed by atoms with Gasteiger partial charge in [0.15, 0.2) is 0 Å². The van der Waals surface area contributed by atoms with Crippen molar-refractivity contribution in [3.8, 4) is 0 Å². The summed E-state index contributed by atoms with van der Waals surface area (Å²) in [4.78, 5) is 10.7. The molecule has 0 bridgehead atoms. The molecule has 2 aliphatic rings. The molecule has 1 saturated carbocycles. The van der Waals surface area contributed by atoms with Crippen molar-refractivity contribution in [1.29, 1.82) is 0 Å². The van der Waals surface area contributed by atoms with Crippen molar-refractivity contribution in [3.05, 3.63) is 11.8 Å². The van der Waals surface area contributed by atoms with Gasteiger partial charge in [0, 0.05) is 12.8 Å². The number of rotatable bonds is 1. The molecule has 0 N–H and O–H groups in total. The zero-order valence-electron chi connectivity index (χ0n) is 7.38. The van der Waals surface area contributed by atoms with E-state index in [4.69, 9.17) is 4.74 Å². The van der Waals surface area contributed by atoms with E-state index in [1.54, 1.807) is 0 Å². The fraction of sp³-hybridized carbons (Fsp3) is 0.700. The number of carbonyl (C=O) groups is 1. The molecule has 2 atom stereocenters. The Labute approximate surface area is 72.6 Å². The van der Waals surface area contributed by atoms with Crippen LogP contribution >= 0.6 is 0 Å². The second-order valence-electron chi connectivity index (χ2n) is 3.73. The lowest BCUT2D eigenvalue weighted by Crippen LogP contribution is -2.00. The first kappa shape index (κ1) is 7.84. The fourth-order valence-electron chi connectivity index (χ4n) is 1.97. The number of carbonyl (C=O) groups excluding carboxylic acids is 1. The maximum atomic E-state index is 10.7. The molecular weight excluding hydrogens is 152 g/mol. The molecule has 2 aliphatic carbocycles. The van der Waals surface area contributed by atoms with Gasteiger partial charge < -0.3 is 4.74 Å². The van der Waals surface area contributed by atoms with E-state index in [2.05, 4.69) is 6.08 Å². The highest BCUT2D eigenvalue weighted by Crippen LogP contribution is 2.49. The first-order chi connectivity index (χ1) is 5.77. The van der Waals surface area contributed by atoms with Gasteiger partial charge in [-0.2, -0.15) is 0 Å². The lowest BCUT2D eigenvalue weighted by atomic mass is 10.2. The molecule has 0 saturated heterocycles. The zero-order valence-corrected chi connectivity index (χ0v) is 7.38. The molecule has 0 radical (unpaired) electrons. The van der Waals surface area contributed by atoms with Crippen molar-refractivity contribution in [1.82, 2.24) is 0 Å². The van der Waals surface area contributed by atoms with Gasteiger partial charge in [0.05, 0.1) is 0 Å². The van der Waals surface area contributed by atoms with E-state index in [0.29, 0.717) is 5.92 Å². The Kier molecular flexibility index (Phi) is 1.91. The summed E-state index contributed by atoms with van der Waals surface area (Å²) < 4.78 is 5.15. The molecule has 0 aliphatic heterocycles. The molecule has 0 amide bonds. The second kappa shape index (κ2) is 2.92.